The minimum absolute atomic E-state index is 0.0554. The monoisotopic (exact) mass is 471 g/mol. The van der Waals surface area contributed by atoms with E-state index < -0.39 is 22.6 Å². The lowest BCUT2D eigenvalue weighted by atomic mass is 10.2. The molecule has 1 aliphatic rings. The van der Waals surface area contributed by atoms with Gasteiger partial charge in [-0.1, -0.05) is 17.7 Å². The van der Waals surface area contributed by atoms with E-state index in [-0.39, 0.29) is 47.6 Å². The first-order valence-corrected chi connectivity index (χ1v) is 9.72. The standard InChI is InChI=1S/C19H17ClF3N5O4/c20-15-9-13(19(21,22)23)10-24-17(15)27-6-4-26(5-7-27)16(29)11-25-18(30)12-2-1-3-14(8-12)28(31)32/h1-3,8-10H,4-7,11H2,(H,25,30). The Morgan fingerprint density at radius 3 is 2.47 bits per heavy atom. The third kappa shape index (κ3) is 5.44. The van der Waals surface area contributed by atoms with Crippen molar-refractivity contribution in [2.75, 3.05) is 37.6 Å². The molecule has 0 spiro atoms. The van der Waals surface area contributed by atoms with Gasteiger partial charge in [0.05, 0.1) is 22.1 Å². The van der Waals surface area contributed by atoms with E-state index in [2.05, 4.69) is 10.3 Å². The summed E-state index contributed by atoms with van der Waals surface area (Å²) in [5.74, 6) is -0.790. The average Bonchev–Trinajstić information content (AvgIpc) is 2.76. The molecule has 2 aromatic rings. The molecular formula is C19H17ClF3N5O4. The van der Waals surface area contributed by atoms with Gasteiger partial charge in [0.15, 0.2) is 0 Å². The quantitative estimate of drug-likeness (QED) is 0.530. The fourth-order valence-electron chi connectivity index (χ4n) is 3.12. The molecule has 1 aliphatic heterocycles. The summed E-state index contributed by atoms with van der Waals surface area (Å²) in [6.07, 6.45) is -3.84. The molecule has 1 saturated heterocycles. The van der Waals surface area contributed by atoms with Crippen molar-refractivity contribution in [3.63, 3.8) is 0 Å². The zero-order chi connectivity index (χ0) is 23.5. The second-order valence-corrected chi connectivity index (χ2v) is 7.29. The molecule has 1 N–H and O–H groups in total. The second kappa shape index (κ2) is 9.39. The van der Waals surface area contributed by atoms with Gasteiger partial charge in [-0.2, -0.15) is 13.2 Å². The number of non-ortho nitro benzene ring substituents is 1. The normalized spacial score (nSPS) is 14.2. The lowest BCUT2D eigenvalue weighted by Gasteiger charge is -2.35. The molecule has 0 saturated carbocycles. The topological polar surface area (TPSA) is 109 Å². The number of pyridine rings is 1. The molecule has 3 rings (SSSR count). The third-order valence-corrected chi connectivity index (χ3v) is 5.08. The smallest absolute Gasteiger partial charge is 0.352 e. The van der Waals surface area contributed by atoms with E-state index >= 15 is 0 Å². The zero-order valence-corrected chi connectivity index (χ0v) is 17.2. The van der Waals surface area contributed by atoms with Gasteiger partial charge in [0.25, 0.3) is 11.6 Å². The Labute approximate surface area is 184 Å². The largest absolute Gasteiger partial charge is 0.417 e. The molecule has 0 radical (unpaired) electrons. The number of halogens is 4. The number of rotatable bonds is 5. The molecule has 2 amide bonds. The van der Waals surface area contributed by atoms with E-state index in [1.807, 2.05) is 0 Å². The number of hydrogen-bond acceptors (Lipinski definition) is 6. The minimum Gasteiger partial charge on any atom is -0.352 e. The summed E-state index contributed by atoms with van der Waals surface area (Å²) in [5, 5.41) is 13.1. The molecule has 0 atom stereocenters. The van der Waals surface area contributed by atoms with Crippen LogP contribution < -0.4 is 10.2 Å². The highest BCUT2D eigenvalue weighted by Crippen LogP contribution is 2.33. The van der Waals surface area contributed by atoms with Gasteiger partial charge in [0.2, 0.25) is 5.91 Å². The molecule has 0 aliphatic carbocycles. The first kappa shape index (κ1) is 23.3. The van der Waals surface area contributed by atoms with Crippen LogP contribution in [0.25, 0.3) is 0 Å². The molecule has 1 aromatic heterocycles. The van der Waals surface area contributed by atoms with Gasteiger partial charge in [-0.25, -0.2) is 4.98 Å². The van der Waals surface area contributed by atoms with Gasteiger partial charge in [0, 0.05) is 50.1 Å². The summed E-state index contributed by atoms with van der Waals surface area (Å²) in [4.78, 5) is 41.7. The number of benzene rings is 1. The van der Waals surface area contributed by atoms with E-state index in [0.717, 1.165) is 12.1 Å². The van der Waals surface area contributed by atoms with Crippen molar-refractivity contribution in [2.45, 2.75) is 6.18 Å². The number of nitro benzene ring substituents is 1. The summed E-state index contributed by atoms with van der Waals surface area (Å²) < 4.78 is 38.3. The van der Waals surface area contributed by atoms with Gasteiger partial charge in [-0.05, 0) is 12.1 Å². The summed E-state index contributed by atoms with van der Waals surface area (Å²) in [5.41, 5.74) is -1.13. The molecule has 32 heavy (non-hydrogen) atoms. The summed E-state index contributed by atoms with van der Waals surface area (Å²) in [6, 6.07) is 5.93. The first-order valence-electron chi connectivity index (χ1n) is 9.34. The molecule has 2 heterocycles. The number of nitro groups is 1. The molecule has 13 heteroatoms. The molecule has 170 valence electrons. The average molecular weight is 472 g/mol. The van der Waals surface area contributed by atoms with E-state index in [1.165, 1.54) is 23.1 Å². The highest BCUT2D eigenvalue weighted by Gasteiger charge is 2.32. The Morgan fingerprint density at radius 1 is 1.19 bits per heavy atom. The number of hydrogen-bond donors (Lipinski definition) is 1. The van der Waals surface area contributed by atoms with Crippen LogP contribution in [0.2, 0.25) is 5.02 Å². The van der Waals surface area contributed by atoms with E-state index in [1.54, 1.807) is 4.90 Å². The first-order chi connectivity index (χ1) is 15.1. The predicted octanol–water partition coefficient (Wildman–Crippen LogP) is 2.74. The number of anilines is 1. The fourth-order valence-corrected chi connectivity index (χ4v) is 3.40. The number of amides is 2. The van der Waals surface area contributed by atoms with Crippen LogP contribution in [0.1, 0.15) is 15.9 Å². The summed E-state index contributed by atoms with van der Waals surface area (Å²) >= 11 is 5.97. The van der Waals surface area contributed by atoms with Crippen LogP contribution in [0.3, 0.4) is 0 Å². The van der Waals surface area contributed by atoms with Crippen LogP contribution >= 0.6 is 11.6 Å². The Bertz CT molecular complexity index is 1040. The lowest BCUT2D eigenvalue weighted by molar-refractivity contribution is -0.384. The van der Waals surface area contributed by atoms with Crippen molar-refractivity contribution in [2.24, 2.45) is 0 Å². The number of aromatic nitrogens is 1. The van der Waals surface area contributed by atoms with Crippen molar-refractivity contribution in [3.05, 3.63) is 62.8 Å². The number of piperazine rings is 1. The molecule has 0 bridgehead atoms. The maximum absolute atomic E-state index is 12.8. The third-order valence-electron chi connectivity index (χ3n) is 4.80. The molecule has 0 unspecified atom stereocenters. The number of nitrogens with one attached hydrogen (secondary N) is 1. The SMILES string of the molecule is O=C(NCC(=O)N1CCN(c2ncc(C(F)(F)F)cc2Cl)CC1)c1cccc([N+](=O)[O-])c1. The molecule has 1 fully saturated rings. The summed E-state index contributed by atoms with van der Waals surface area (Å²) in [7, 11) is 0. The molecule has 9 nitrogen and oxygen atoms in total. The second-order valence-electron chi connectivity index (χ2n) is 6.89. The number of carbonyl (C=O) groups is 2. The van der Waals surface area contributed by atoms with Crippen molar-refractivity contribution in [3.8, 4) is 0 Å². The number of nitrogens with zero attached hydrogens (tertiary/aromatic N) is 4. The maximum Gasteiger partial charge on any atom is 0.417 e. The van der Waals surface area contributed by atoms with Crippen LogP contribution in [0.4, 0.5) is 24.7 Å². The van der Waals surface area contributed by atoms with Crippen LogP contribution in [0, 0.1) is 10.1 Å². The number of alkyl halides is 3. The van der Waals surface area contributed by atoms with Gasteiger partial charge in [-0.3, -0.25) is 19.7 Å². The van der Waals surface area contributed by atoms with Crippen LogP contribution in [-0.2, 0) is 11.0 Å². The highest BCUT2D eigenvalue weighted by atomic mass is 35.5. The van der Waals surface area contributed by atoms with E-state index in [4.69, 9.17) is 11.6 Å². The molecular weight excluding hydrogens is 455 g/mol. The van der Waals surface area contributed by atoms with Gasteiger partial charge < -0.3 is 15.1 Å². The van der Waals surface area contributed by atoms with Gasteiger partial charge in [-0.15, -0.1) is 0 Å². The van der Waals surface area contributed by atoms with Crippen molar-refractivity contribution >= 4 is 34.9 Å². The lowest BCUT2D eigenvalue weighted by Crippen LogP contribution is -2.51. The Hall–Kier alpha value is -3.41. The molecule has 1 aromatic carbocycles. The van der Waals surface area contributed by atoms with E-state index in [9.17, 15) is 32.9 Å². The Morgan fingerprint density at radius 2 is 1.88 bits per heavy atom. The van der Waals surface area contributed by atoms with Gasteiger partial charge in [0.1, 0.15) is 5.82 Å². The Balaban J connectivity index is 1.53. The predicted molar refractivity (Wildman–Crippen MR) is 108 cm³/mol. The minimum atomic E-state index is -4.55. The summed E-state index contributed by atoms with van der Waals surface area (Å²) in [6.45, 7) is 0.793. The van der Waals surface area contributed by atoms with Gasteiger partial charge >= 0.3 is 6.18 Å². The van der Waals surface area contributed by atoms with Crippen LogP contribution in [-0.4, -0.2) is 59.3 Å². The zero-order valence-electron chi connectivity index (χ0n) is 16.4. The Kier molecular flexibility index (Phi) is 6.82. The van der Waals surface area contributed by atoms with Crippen LogP contribution in [0.15, 0.2) is 36.5 Å². The van der Waals surface area contributed by atoms with E-state index in [0.29, 0.717) is 19.3 Å². The fraction of sp³-hybridized carbons (Fsp3) is 0.316. The highest BCUT2D eigenvalue weighted by molar-refractivity contribution is 6.33. The number of carbonyl (C=O) groups excluding carboxylic acids is 2. The van der Waals surface area contributed by atoms with Crippen molar-refractivity contribution < 1.29 is 27.7 Å². The van der Waals surface area contributed by atoms with Crippen LogP contribution in [0.5, 0.6) is 0 Å². The maximum atomic E-state index is 12.8. The van der Waals surface area contributed by atoms with Crippen molar-refractivity contribution in [1.29, 1.82) is 0 Å². The van der Waals surface area contributed by atoms with Crippen molar-refractivity contribution in [1.82, 2.24) is 15.2 Å².